The SMILES string of the molecule is Cc1c(C(N)=O)c(-c2cccc(OC(F)(F)F)c2)c(C)n1CCN1CCCCC1. The number of rotatable bonds is 6. The molecule has 0 radical (unpaired) electrons. The van der Waals surface area contributed by atoms with Crippen molar-refractivity contribution in [1.29, 1.82) is 0 Å². The Bertz CT molecular complexity index is 884. The molecule has 1 aliphatic rings. The van der Waals surface area contributed by atoms with Crippen LogP contribution in [0, 0.1) is 13.8 Å². The van der Waals surface area contributed by atoms with Crippen LogP contribution in [0.25, 0.3) is 11.1 Å². The van der Waals surface area contributed by atoms with E-state index in [1.165, 1.54) is 37.5 Å². The predicted molar refractivity (Wildman–Crippen MR) is 105 cm³/mol. The van der Waals surface area contributed by atoms with Gasteiger partial charge < -0.3 is 19.9 Å². The van der Waals surface area contributed by atoms with Crippen molar-refractivity contribution < 1.29 is 22.7 Å². The number of carbonyl (C=O) groups is 1. The second kappa shape index (κ2) is 8.49. The van der Waals surface area contributed by atoms with E-state index in [0.717, 1.165) is 31.0 Å². The first-order chi connectivity index (χ1) is 13.7. The van der Waals surface area contributed by atoms with Crippen molar-refractivity contribution in [3.05, 3.63) is 41.2 Å². The number of aromatic nitrogens is 1. The number of likely N-dealkylation sites (tertiary alicyclic amines) is 1. The molecule has 158 valence electrons. The highest BCUT2D eigenvalue weighted by Gasteiger charge is 2.31. The predicted octanol–water partition coefficient (Wildman–Crippen LogP) is 4.26. The monoisotopic (exact) mass is 409 g/mol. The molecule has 1 aromatic heterocycles. The van der Waals surface area contributed by atoms with Gasteiger partial charge in [-0.2, -0.15) is 0 Å². The fraction of sp³-hybridized carbons (Fsp3) is 0.476. The number of hydrogen-bond acceptors (Lipinski definition) is 3. The lowest BCUT2D eigenvalue weighted by Gasteiger charge is -2.27. The quantitative estimate of drug-likeness (QED) is 0.776. The zero-order valence-corrected chi connectivity index (χ0v) is 16.7. The highest BCUT2D eigenvalue weighted by atomic mass is 19.4. The molecular formula is C21H26F3N3O2. The van der Waals surface area contributed by atoms with Crippen LogP contribution in [-0.4, -0.2) is 41.4 Å². The third-order valence-electron chi connectivity index (χ3n) is 5.47. The summed E-state index contributed by atoms with van der Waals surface area (Å²) in [7, 11) is 0. The number of amides is 1. The van der Waals surface area contributed by atoms with Gasteiger partial charge in [0.25, 0.3) is 5.91 Å². The maximum absolute atomic E-state index is 12.6. The molecule has 0 bridgehead atoms. The second-order valence-corrected chi connectivity index (χ2v) is 7.41. The van der Waals surface area contributed by atoms with E-state index in [9.17, 15) is 18.0 Å². The van der Waals surface area contributed by atoms with Crippen LogP contribution < -0.4 is 10.5 Å². The average Bonchev–Trinajstić information content (AvgIpc) is 2.90. The van der Waals surface area contributed by atoms with Gasteiger partial charge in [-0.3, -0.25) is 4.79 Å². The minimum Gasteiger partial charge on any atom is -0.406 e. The van der Waals surface area contributed by atoms with E-state index in [-0.39, 0.29) is 5.75 Å². The maximum Gasteiger partial charge on any atom is 0.573 e. The Labute approximate surface area is 168 Å². The van der Waals surface area contributed by atoms with Crippen molar-refractivity contribution in [2.75, 3.05) is 19.6 Å². The van der Waals surface area contributed by atoms with E-state index in [0.29, 0.717) is 23.2 Å². The van der Waals surface area contributed by atoms with Crippen molar-refractivity contribution in [1.82, 2.24) is 9.47 Å². The summed E-state index contributed by atoms with van der Waals surface area (Å²) in [6, 6.07) is 5.65. The molecule has 0 atom stereocenters. The van der Waals surface area contributed by atoms with E-state index in [2.05, 4.69) is 9.64 Å². The first-order valence-electron chi connectivity index (χ1n) is 9.75. The molecule has 0 unspecified atom stereocenters. The fourth-order valence-electron chi connectivity index (χ4n) is 4.15. The van der Waals surface area contributed by atoms with Crippen LogP contribution in [0.2, 0.25) is 0 Å². The van der Waals surface area contributed by atoms with Crippen molar-refractivity contribution >= 4 is 5.91 Å². The minimum atomic E-state index is -4.78. The third-order valence-corrected chi connectivity index (χ3v) is 5.47. The number of hydrogen-bond donors (Lipinski definition) is 1. The largest absolute Gasteiger partial charge is 0.573 e. The standard InChI is InChI=1S/C21H26F3N3O2/c1-14-18(16-7-6-8-17(13-16)29-21(22,23)24)19(20(25)28)15(2)27(14)12-11-26-9-4-3-5-10-26/h6-8,13H,3-5,9-12H2,1-2H3,(H2,25,28). The minimum absolute atomic E-state index is 0.330. The summed E-state index contributed by atoms with van der Waals surface area (Å²) in [6.45, 7) is 7.35. The molecule has 1 fully saturated rings. The van der Waals surface area contributed by atoms with Gasteiger partial charge >= 0.3 is 6.36 Å². The molecule has 5 nitrogen and oxygen atoms in total. The molecule has 2 N–H and O–H groups in total. The second-order valence-electron chi connectivity index (χ2n) is 7.41. The summed E-state index contributed by atoms with van der Waals surface area (Å²) < 4.78 is 43.9. The molecule has 2 aromatic rings. The number of carbonyl (C=O) groups excluding carboxylic acids is 1. The van der Waals surface area contributed by atoms with Crippen LogP contribution in [0.3, 0.4) is 0 Å². The van der Waals surface area contributed by atoms with Crippen molar-refractivity contribution in [2.24, 2.45) is 5.73 Å². The van der Waals surface area contributed by atoms with Gasteiger partial charge in [-0.15, -0.1) is 13.2 Å². The van der Waals surface area contributed by atoms with Crippen LogP contribution >= 0.6 is 0 Å². The number of halogens is 3. The lowest BCUT2D eigenvalue weighted by Crippen LogP contribution is -2.32. The molecule has 0 spiro atoms. The molecule has 1 saturated heterocycles. The van der Waals surface area contributed by atoms with Gasteiger partial charge in [0, 0.05) is 30.0 Å². The van der Waals surface area contributed by atoms with E-state index < -0.39 is 12.3 Å². The summed E-state index contributed by atoms with van der Waals surface area (Å²) in [6.07, 6.45) is -1.15. The number of primary amides is 1. The van der Waals surface area contributed by atoms with Gasteiger partial charge in [0.1, 0.15) is 5.75 Å². The Morgan fingerprint density at radius 2 is 1.79 bits per heavy atom. The molecule has 0 saturated carbocycles. The van der Waals surface area contributed by atoms with Crippen LogP contribution in [-0.2, 0) is 6.54 Å². The number of nitrogens with two attached hydrogens (primary N) is 1. The van der Waals surface area contributed by atoms with E-state index in [1.807, 2.05) is 18.4 Å². The van der Waals surface area contributed by atoms with Gasteiger partial charge in [-0.1, -0.05) is 18.6 Å². The average molecular weight is 409 g/mol. The van der Waals surface area contributed by atoms with Gasteiger partial charge in [0.15, 0.2) is 0 Å². The molecule has 29 heavy (non-hydrogen) atoms. The van der Waals surface area contributed by atoms with Crippen LogP contribution in [0.15, 0.2) is 24.3 Å². The Hall–Kier alpha value is -2.48. The number of alkyl halides is 3. The number of nitrogens with zero attached hydrogens (tertiary/aromatic N) is 2. The van der Waals surface area contributed by atoms with Gasteiger partial charge in [0.05, 0.1) is 5.56 Å². The Morgan fingerprint density at radius 1 is 1.10 bits per heavy atom. The Morgan fingerprint density at radius 3 is 2.41 bits per heavy atom. The topological polar surface area (TPSA) is 60.5 Å². The number of piperidine rings is 1. The van der Waals surface area contributed by atoms with Gasteiger partial charge in [-0.25, -0.2) is 0 Å². The summed E-state index contributed by atoms with van der Waals surface area (Å²) in [5.41, 5.74) is 8.53. The molecular weight excluding hydrogens is 383 g/mol. The van der Waals surface area contributed by atoms with Crippen molar-refractivity contribution in [2.45, 2.75) is 46.0 Å². The lowest BCUT2D eigenvalue weighted by atomic mass is 10.00. The van der Waals surface area contributed by atoms with E-state index >= 15 is 0 Å². The van der Waals surface area contributed by atoms with Gasteiger partial charge in [0.2, 0.25) is 0 Å². The summed E-state index contributed by atoms with van der Waals surface area (Å²) in [4.78, 5) is 14.6. The number of benzene rings is 1. The highest BCUT2D eigenvalue weighted by Crippen LogP contribution is 2.35. The fourth-order valence-corrected chi connectivity index (χ4v) is 4.15. The molecule has 1 aromatic carbocycles. The Balaban J connectivity index is 1.96. The molecule has 1 aliphatic heterocycles. The zero-order chi connectivity index (χ0) is 21.2. The van der Waals surface area contributed by atoms with Crippen molar-refractivity contribution in [3.8, 4) is 16.9 Å². The molecule has 3 rings (SSSR count). The molecule has 8 heteroatoms. The summed E-state index contributed by atoms with van der Waals surface area (Å²) in [5, 5.41) is 0. The molecule has 0 aliphatic carbocycles. The van der Waals surface area contributed by atoms with Crippen LogP contribution in [0.5, 0.6) is 5.75 Å². The third kappa shape index (κ3) is 4.93. The van der Waals surface area contributed by atoms with Crippen LogP contribution in [0.4, 0.5) is 13.2 Å². The van der Waals surface area contributed by atoms with Crippen molar-refractivity contribution in [3.63, 3.8) is 0 Å². The maximum atomic E-state index is 12.6. The normalized spacial score (nSPS) is 15.5. The zero-order valence-electron chi connectivity index (χ0n) is 16.7. The summed E-state index contributed by atoms with van der Waals surface area (Å²) >= 11 is 0. The van der Waals surface area contributed by atoms with Gasteiger partial charge in [-0.05, 0) is 57.5 Å². The smallest absolute Gasteiger partial charge is 0.406 e. The molecule has 1 amide bonds. The lowest BCUT2D eigenvalue weighted by molar-refractivity contribution is -0.274. The summed E-state index contributed by atoms with van der Waals surface area (Å²) in [5.74, 6) is -0.928. The van der Waals surface area contributed by atoms with E-state index in [1.54, 1.807) is 6.07 Å². The van der Waals surface area contributed by atoms with E-state index in [4.69, 9.17) is 5.73 Å². The van der Waals surface area contributed by atoms with Crippen LogP contribution in [0.1, 0.15) is 41.0 Å². The first kappa shape index (κ1) is 21.2. The number of ether oxygens (including phenoxy) is 1. The molecule has 2 heterocycles. The Kier molecular flexibility index (Phi) is 6.21. The first-order valence-corrected chi connectivity index (χ1v) is 9.75. The highest BCUT2D eigenvalue weighted by molar-refractivity contribution is 6.02.